The van der Waals surface area contributed by atoms with Gasteiger partial charge in [0.2, 0.25) is 0 Å². The van der Waals surface area contributed by atoms with Gasteiger partial charge in [0.25, 0.3) is 0 Å². The lowest BCUT2D eigenvalue weighted by Crippen LogP contribution is -2.34. The fraction of sp³-hybridized carbons (Fsp3) is 0.357. The normalized spacial score (nSPS) is 11.2. The van der Waals surface area contributed by atoms with E-state index in [0.29, 0.717) is 13.1 Å². The fourth-order valence-corrected chi connectivity index (χ4v) is 1.59. The molecular weight excluding hydrogens is 214 g/mol. The van der Waals surface area contributed by atoms with Crippen LogP contribution >= 0.6 is 0 Å². The molecule has 0 bridgehead atoms. The molecule has 0 atom stereocenters. The lowest BCUT2D eigenvalue weighted by Gasteiger charge is -2.25. The second-order valence-electron chi connectivity index (χ2n) is 4.76. The Morgan fingerprint density at radius 3 is 2.47 bits per heavy atom. The highest BCUT2D eigenvalue weighted by Gasteiger charge is 2.19. The Bertz CT molecular complexity index is 396. The van der Waals surface area contributed by atoms with E-state index in [1.54, 1.807) is 0 Å². The summed E-state index contributed by atoms with van der Waals surface area (Å²) in [5.41, 5.74) is 1.39. The second kappa shape index (κ2) is 5.64. The van der Waals surface area contributed by atoms with Crippen LogP contribution in [0.4, 0.5) is 0 Å². The van der Waals surface area contributed by atoms with Crippen molar-refractivity contribution < 1.29 is 9.90 Å². The Kier molecular flexibility index (Phi) is 4.46. The smallest absolute Gasteiger partial charge is 0.332 e. The van der Waals surface area contributed by atoms with E-state index in [4.69, 9.17) is 5.11 Å². The first kappa shape index (κ1) is 13.5. The van der Waals surface area contributed by atoms with Crippen molar-refractivity contribution in [1.82, 2.24) is 5.32 Å². The van der Waals surface area contributed by atoms with E-state index >= 15 is 0 Å². The molecule has 0 saturated heterocycles. The maximum Gasteiger partial charge on any atom is 0.332 e. The summed E-state index contributed by atoms with van der Waals surface area (Å²) in [5, 5.41) is 11.8. The summed E-state index contributed by atoms with van der Waals surface area (Å²) in [7, 11) is 0. The van der Waals surface area contributed by atoms with E-state index in [9.17, 15) is 4.79 Å². The first-order valence-corrected chi connectivity index (χ1v) is 5.61. The zero-order valence-electron chi connectivity index (χ0n) is 10.4. The van der Waals surface area contributed by atoms with Gasteiger partial charge >= 0.3 is 5.97 Å². The molecule has 0 fully saturated rings. The van der Waals surface area contributed by atoms with Gasteiger partial charge in [-0.15, -0.1) is 0 Å². The maximum atomic E-state index is 10.6. The average Bonchev–Trinajstić information content (AvgIpc) is 2.29. The van der Waals surface area contributed by atoms with Crippen LogP contribution < -0.4 is 5.32 Å². The molecule has 0 aliphatic heterocycles. The standard InChI is InChI=1S/C14H19NO2/c1-11(13(16)17)9-15-10-14(2,3)12-7-5-4-6-8-12/h4-8,15H,1,9-10H2,2-3H3,(H,16,17). The highest BCUT2D eigenvalue weighted by Crippen LogP contribution is 2.21. The number of benzene rings is 1. The van der Waals surface area contributed by atoms with Crippen LogP contribution in [0, 0.1) is 0 Å². The Labute approximate surface area is 102 Å². The van der Waals surface area contributed by atoms with Gasteiger partial charge < -0.3 is 10.4 Å². The van der Waals surface area contributed by atoms with Gasteiger partial charge in [-0.3, -0.25) is 0 Å². The molecule has 0 unspecified atom stereocenters. The first-order valence-electron chi connectivity index (χ1n) is 5.61. The Hall–Kier alpha value is -1.61. The zero-order valence-corrected chi connectivity index (χ0v) is 10.4. The molecule has 2 N–H and O–H groups in total. The third-order valence-corrected chi connectivity index (χ3v) is 2.76. The molecule has 0 saturated carbocycles. The topological polar surface area (TPSA) is 49.3 Å². The predicted octanol–water partition coefficient (Wildman–Crippen LogP) is 2.19. The van der Waals surface area contributed by atoms with E-state index in [-0.39, 0.29) is 11.0 Å². The molecule has 0 amide bonds. The monoisotopic (exact) mass is 233 g/mol. The molecule has 0 radical (unpaired) electrons. The van der Waals surface area contributed by atoms with Gasteiger partial charge in [0.1, 0.15) is 0 Å². The zero-order chi connectivity index (χ0) is 12.9. The van der Waals surface area contributed by atoms with Crippen LogP contribution in [-0.4, -0.2) is 24.2 Å². The first-order chi connectivity index (χ1) is 7.93. The summed E-state index contributed by atoms with van der Waals surface area (Å²) in [6.45, 7) is 8.75. The molecule has 0 heterocycles. The van der Waals surface area contributed by atoms with Gasteiger partial charge in [0.15, 0.2) is 0 Å². The molecular formula is C14H19NO2. The van der Waals surface area contributed by atoms with Gasteiger partial charge in [-0.1, -0.05) is 50.8 Å². The Morgan fingerprint density at radius 2 is 1.94 bits per heavy atom. The number of aliphatic carboxylic acids is 1. The molecule has 3 nitrogen and oxygen atoms in total. The van der Waals surface area contributed by atoms with Gasteiger partial charge in [-0.2, -0.15) is 0 Å². The van der Waals surface area contributed by atoms with Crippen LogP contribution in [0.5, 0.6) is 0 Å². The second-order valence-corrected chi connectivity index (χ2v) is 4.76. The van der Waals surface area contributed by atoms with E-state index in [0.717, 1.165) is 0 Å². The van der Waals surface area contributed by atoms with Crippen LogP contribution in [0.1, 0.15) is 19.4 Å². The SMILES string of the molecule is C=C(CNCC(C)(C)c1ccccc1)C(=O)O. The van der Waals surface area contributed by atoms with Crippen LogP contribution in [0.2, 0.25) is 0 Å². The third-order valence-electron chi connectivity index (χ3n) is 2.76. The van der Waals surface area contributed by atoms with Crippen LogP contribution in [0.25, 0.3) is 0 Å². The van der Waals surface area contributed by atoms with E-state index in [1.165, 1.54) is 5.56 Å². The van der Waals surface area contributed by atoms with Gasteiger partial charge in [0, 0.05) is 24.1 Å². The predicted molar refractivity (Wildman–Crippen MR) is 69.1 cm³/mol. The molecule has 1 aromatic carbocycles. The molecule has 92 valence electrons. The lowest BCUT2D eigenvalue weighted by molar-refractivity contribution is -0.132. The summed E-state index contributed by atoms with van der Waals surface area (Å²) >= 11 is 0. The summed E-state index contributed by atoms with van der Waals surface area (Å²) in [4.78, 5) is 10.6. The minimum absolute atomic E-state index is 0.0277. The van der Waals surface area contributed by atoms with Crippen molar-refractivity contribution in [3.05, 3.63) is 48.0 Å². The molecule has 17 heavy (non-hydrogen) atoms. The number of carboxylic acid groups (broad SMARTS) is 1. The molecule has 3 heteroatoms. The molecule has 0 aliphatic carbocycles. The number of hydrogen-bond donors (Lipinski definition) is 2. The number of nitrogens with one attached hydrogen (secondary N) is 1. The van der Waals surface area contributed by atoms with Gasteiger partial charge in [0.05, 0.1) is 0 Å². The van der Waals surface area contributed by atoms with Gasteiger partial charge in [-0.05, 0) is 5.56 Å². The van der Waals surface area contributed by atoms with E-state index < -0.39 is 5.97 Å². The summed E-state index contributed by atoms with van der Waals surface area (Å²) in [6.07, 6.45) is 0. The van der Waals surface area contributed by atoms with Crippen LogP contribution in [0.3, 0.4) is 0 Å². The lowest BCUT2D eigenvalue weighted by atomic mass is 9.84. The minimum atomic E-state index is -0.949. The van der Waals surface area contributed by atoms with E-state index in [1.807, 2.05) is 18.2 Å². The Morgan fingerprint density at radius 1 is 1.35 bits per heavy atom. The summed E-state index contributed by atoms with van der Waals surface area (Å²) < 4.78 is 0. The van der Waals surface area contributed by atoms with Crippen molar-refractivity contribution in [3.8, 4) is 0 Å². The highest BCUT2D eigenvalue weighted by atomic mass is 16.4. The van der Waals surface area contributed by atoms with Crippen LogP contribution in [-0.2, 0) is 10.2 Å². The highest BCUT2D eigenvalue weighted by molar-refractivity contribution is 5.86. The molecule has 0 aromatic heterocycles. The molecule has 0 aliphatic rings. The number of carbonyl (C=O) groups is 1. The minimum Gasteiger partial charge on any atom is -0.478 e. The molecule has 1 aromatic rings. The van der Waals surface area contributed by atoms with E-state index in [2.05, 4.69) is 37.9 Å². The maximum absolute atomic E-state index is 10.6. The molecule has 0 spiro atoms. The quantitative estimate of drug-likeness (QED) is 0.740. The van der Waals surface area contributed by atoms with Crippen molar-refractivity contribution in [1.29, 1.82) is 0 Å². The van der Waals surface area contributed by atoms with Crippen LogP contribution in [0.15, 0.2) is 42.5 Å². The van der Waals surface area contributed by atoms with Crippen molar-refractivity contribution in [2.24, 2.45) is 0 Å². The largest absolute Gasteiger partial charge is 0.478 e. The Balaban J connectivity index is 2.51. The van der Waals surface area contributed by atoms with Crippen molar-refractivity contribution >= 4 is 5.97 Å². The van der Waals surface area contributed by atoms with Gasteiger partial charge in [-0.25, -0.2) is 4.79 Å². The average molecular weight is 233 g/mol. The van der Waals surface area contributed by atoms with Crippen molar-refractivity contribution in [3.63, 3.8) is 0 Å². The van der Waals surface area contributed by atoms with Crippen molar-refractivity contribution in [2.45, 2.75) is 19.3 Å². The number of hydrogen-bond acceptors (Lipinski definition) is 2. The number of carboxylic acids is 1. The number of rotatable bonds is 6. The third kappa shape index (κ3) is 4.04. The van der Waals surface area contributed by atoms with Crippen molar-refractivity contribution in [2.75, 3.05) is 13.1 Å². The summed E-state index contributed by atoms with van der Waals surface area (Å²) in [6, 6.07) is 10.2. The summed E-state index contributed by atoms with van der Waals surface area (Å²) in [5.74, 6) is -0.949. The fourth-order valence-electron chi connectivity index (χ4n) is 1.59. The molecule has 1 rings (SSSR count).